The molecular formula is C42H45ClFN9O6. The van der Waals surface area contributed by atoms with Gasteiger partial charge >= 0.3 is 0 Å². The first-order valence-electron chi connectivity index (χ1n) is 20.2. The van der Waals surface area contributed by atoms with Gasteiger partial charge in [-0.05, 0) is 94.2 Å². The number of fused-ring (bicyclic) bond motifs is 1. The Bertz CT molecular complexity index is 2210. The molecule has 0 spiro atoms. The Morgan fingerprint density at radius 2 is 1.64 bits per heavy atom. The second-order valence-corrected chi connectivity index (χ2v) is 16.7. The Morgan fingerprint density at radius 3 is 2.29 bits per heavy atom. The first kappa shape index (κ1) is 40.1. The lowest BCUT2D eigenvalue weighted by atomic mass is 9.89. The van der Waals surface area contributed by atoms with Gasteiger partial charge in [0.25, 0.3) is 23.6 Å². The number of amides is 5. The number of nitriles is 1. The summed E-state index contributed by atoms with van der Waals surface area (Å²) < 4.78 is 21.6. The summed E-state index contributed by atoms with van der Waals surface area (Å²) in [6.45, 7) is 6.49. The number of hydrogen-bond donors (Lipinski definition) is 2. The van der Waals surface area contributed by atoms with Gasteiger partial charge < -0.3 is 19.9 Å². The molecule has 17 heteroatoms. The van der Waals surface area contributed by atoms with Crippen molar-refractivity contribution in [2.45, 2.75) is 76.0 Å². The number of hydrogen-bond acceptors (Lipinski definition) is 12. The van der Waals surface area contributed by atoms with Crippen molar-refractivity contribution in [2.24, 2.45) is 5.92 Å². The molecule has 4 fully saturated rings. The van der Waals surface area contributed by atoms with Crippen LogP contribution in [0.4, 0.5) is 15.9 Å². The molecule has 5 heterocycles. The Morgan fingerprint density at radius 1 is 0.932 bits per heavy atom. The second kappa shape index (κ2) is 16.5. The fourth-order valence-electron chi connectivity index (χ4n) is 8.88. The van der Waals surface area contributed by atoms with Gasteiger partial charge in [-0.3, -0.25) is 39.1 Å². The van der Waals surface area contributed by atoms with Crippen LogP contribution in [0.1, 0.15) is 95.1 Å². The SMILES string of the molecule is CC1(N2C(=O)c3cc(F)c(N4CCN(CC5CCN(c6ccc(C(=O)NC7CCC(Oc8ccc(C#N)c(Cl)c8)CC7)nn6)CC5)CC4)cc3C2=O)CCC(=O)NC1=O. The quantitative estimate of drug-likeness (QED) is 0.296. The molecule has 1 aliphatic carbocycles. The van der Waals surface area contributed by atoms with Crippen molar-refractivity contribution in [3.8, 4) is 11.8 Å². The van der Waals surface area contributed by atoms with Crippen LogP contribution in [0.2, 0.25) is 5.02 Å². The van der Waals surface area contributed by atoms with Crippen LogP contribution in [0.3, 0.4) is 0 Å². The summed E-state index contributed by atoms with van der Waals surface area (Å²) in [5.74, 6) is -1.61. The summed E-state index contributed by atoms with van der Waals surface area (Å²) in [5.41, 5.74) is -0.632. The van der Waals surface area contributed by atoms with Crippen molar-refractivity contribution in [3.05, 3.63) is 75.7 Å². The third kappa shape index (κ3) is 8.18. The number of piperazine rings is 1. The minimum absolute atomic E-state index is 0.00229. The highest BCUT2D eigenvalue weighted by molar-refractivity contribution is 6.31. The van der Waals surface area contributed by atoms with Crippen LogP contribution in [0.5, 0.6) is 5.75 Å². The number of benzene rings is 2. The van der Waals surface area contributed by atoms with E-state index in [0.29, 0.717) is 48.4 Å². The van der Waals surface area contributed by atoms with Crippen LogP contribution < -0.4 is 25.2 Å². The summed E-state index contributed by atoms with van der Waals surface area (Å²) >= 11 is 6.14. The van der Waals surface area contributed by atoms with E-state index in [1.54, 1.807) is 24.3 Å². The zero-order chi connectivity index (χ0) is 41.4. The molecule has 3 saturated heterocycles. The van der Waals surface area contributed by atoms with Crippen LogP contribution in [0.25, 0.3) is 0 Å². The molecule has 4 aliphatic heterocycles. The Kier molecular flexibility index (Phi) is 11.2. The first-order chi connectivity index (χ1) is 28.4. The van der Waals surface area contributed by atoms with E-state index in [9.17, 15) is 24.0 Å². The van der Waals surface area contributed by atoms with Crippen LogP contribution in [-0.2, 0) is 9.59 Å². The smallest absolute Gasteiger partial charge is 0.272 e. The molecule has 1 saturated carbocycles. The summed E-state index contributed by atoms with van der Waals surface area (Å²) in [4.78, 5) is 71.6. The maximum atomic E-state index is 15.5. The Balaban J connectivity index is 0.770. The van der Waals surface area contributed by atoms with E-state index in [-0.39, 0.29) is 53.4 Å². The van der Waals surface area contributed by atoms with Crippen molar-refractivity contribution in [2.75, 3.05) is 55.6 Å². The van der Waals surface area contributed by atoms with E-state index in [2.05, 4.69) is 30.6 Å². The Hall–Kier alpha value is -5.66. The molecule has 5 aliphatic rings. The molecule has 308 valence electrons. The van der Waals surface area contributed by atoms with Gasteiger partial charge in [0.15, 0.2) is 11.5 Å². The lowest BCUT2D eigenvalue weighted by Crippen LogP contribution is -2.62. The second-order valence-electron chi connectivity index (χ2n) is 16.3. The zero-order valence-corrected chi connectivity index (χ0v) is 33.5. The zero-order valence-electron chi connectivity index (χ0n) is 32.7. The summed E-state index contributed by atoms with van der Waals surface area (Å²) in [6, 6.07) is 13.2. The number of halogens is 2. The fraction of sp³-hybridized carbons (Fsp3) is 0.476. The number of carbonyl (C=O) groups is 5. The van der Waals surface area contributed by atoms with Gasteiger partial charge in [-0.15, -0.1) is 10.2 Å². The van der Waals surface area contributed by atoms with E-state index in [4.69, 9.17) is 21.6 Å². The van der Waals surface area contributed by atoms with E-state index in [0.717, 1.165) is 74.9 Å². The molecule has 1 atom stereocenters. The van der Waals surface area contributed by atoms with Gasteiger partial charge in [0.05, 0.1) is 33.5 Å². The normalized spacial score (nSPS) is 24.1. The number of anilines is 2. The number of carbonyl (C=O) groups excluding carboxylic acids is 5. The molecular weight excluding hydrogens is 781 g/mol. The first-order valence-corrected chi connectivity index (χ1v) is 20.6. The largest absolute Gasteiger partial charge is 0.490 e. The monoisotopic (exact) mass is 825 g/mol. The summed E-state index contributed by atoms with van der Waals surface area (Å²) in [5, 5.41) is 23.4. The van der Waals surface area contributed by atoms with Gasteiger partial charge in [-0.2, -0.15) is 5.26 Å². The van der Waals surface area contributed by atoms with Crippen molar-refractivity contribution < 1.29 is 33.1 Å². The van der Waals surface area contributed by atoms with E-state index >= 15 is 4.39 Å². The number of imide groups is 2. The molecule has 1 unspecified atom stereocenters. The van der Waals surface area contributed by atoms with Gasteiger partial charge in [-0.1, -0.05) is 11.6 Å². The molecule has 2 N–H and O–H groups in total. The average molecular weight is 826 g/mol. The molecule has 8 rings (SSSR count). The third-order valence-electron chi connectivity index (χ3n) is 12.5. The molecule has 59 heavy (non-hydrogen) atoms. The van der Waals surface area contributed by atoms with Gasteiger partial charge in [0.2, 0.25) is 5.91 Å². The van der Waals surface area contributed by atoms with Crippen molar-refractivity contribution >= 4 is 52.6 Å². The lowest BCUT2D eigenvalue weighted by Gasteiger charge is -2.40. The summed E-state index contributed by atoms with van der Waals surface area (Å²) in [6.07, 6.45) is 5.01. The standard InChI is InChI=1S/C42H45ClFN9O6/c1-42(13-10-37(54)47-41(42)58)53-39(56)30-21-33(44)35(22-31(30)40(53)57)51-18-16-50(17-19-51)24-25-11-14-52(15-12-25)36-9-8-34(48-49-36)38(55)46-27-3-6-28(7-4-27)59-29-5-2-26(23-45)32(43)20-29/h2,5,8-9,20-22,25,27-28H,3-4,6-7,10-19,24H2,1H3,(H,46,55)(H,47,54,58). The van der Waals surface area contributed by atoms with Gasteiger partial charge in [0, 0.05) is 64.3 Å². The predicted molar refractivity (Wildman–Crippen MR) is 214 cm³/mol. The maximum absolute atomic E-state index is 15.5. The number of rotatable bonds is 9. The number of ether oxygens (including phenoxy) is 1. The van der Waals surface area contributed by atoms with E-state index in [1.807, 2.05) is 17.0 Å². The minimum atomic E-state index is -1.54. The molecule has 1 aromatic heterocycles. The molecule has 0 radical (unpaired) electrons. The summed E-state index contributed by atoms with van der Waals surface area (Å²) in [7, 11) is 0. The molecule has 5 amide bonds. The molecule has 0 bridgehead atoms. The third-order valence-corrected chi connectivity index (χ3v) is 12.8. The lowest BCUT2D eigenvalue weighted by molar-refractivity contribution is -0.140. The number of aromatic nitrogens is 2. The van der Waals surface area contributed by atoms with Crippen LogP contribution in [0.15, 0.2) is 42.5 Å². The highest BCUT2D eigenvalue weighted by atomic mass is 35.5. The predicted octanol–water partition coefficient (Wildman–Crippen LogP) is 4.09. The van der Waals surface area contributed by atoms with Gasteiger partial charge in [0.1, 0.15) is 23.2 Å². The number of nitrogens with one attached hydrogen (secondary N) is 2. The van der Waals surface area contributed by atoms with E-state index < -0.39 is 35.0 Å². The number of piperidine rings is 2. The van der Waals surface area contributed by atoms with E-state index in [1.165, 1.54) is 13.0 Å². The van der Waals surface area contributed by atoms with Crippen LogP contribution in [0, 0.1) is 23.1 Å². The number of nitrogens with zero attached hydrogens (tertiary/aromatic N) is 7. The van der Waals surface area contributed by atoms with Crippen molar-refractivity contribution in [3.63, 3.8) is 0 Å². The minimum Gasteiger partial charge on any atom is -0.490 e. The van der Waals surface area contributed by atoms with Crippen LogP contribution in [-0.4, -0.2) is 113 Å². The topological polar surface area (TPSA) is 181 Å². The fourth-order valence-corrected chi connectivity index (χ4v) is 9.09. The highest BCUT2D eigenvalue weighted by Crippen LogP contribution is 2.37. The Labute approximate surface area is 345 Å². The maximum Gasteiger partial charge on any atom is 0.272 e. The van der Waals surface area contributed by atoms with Crippen LogP contribution >= 0.6 is 11.6 Å². The molecule has 2 aromatic carbocycles. The molecule has 3 aromatic rings. The highest BCUT2D eigenvalue weighted by Gasteiger charge is 2.53. The van der Waals surface area contributed by atoms with Crippen molar-refractivity contribution in [1.29, 1.82) is 5.26 Å². The average Bonchev–Trinajstić information content (AvgIpc) is 3.48. The van der Waals surface area contributed by atoms with Crippen molar-refractivity contribution in [1.82, 2.24) is 30.6 Å². The molecule has 15 nitrogen and oxygen atoms in total. The van der Waals surface area contributed by atoms with Gasteiger partial charge in [-0.25, -0.2) is 4.39 Å².